The maximum absolute atomic E-state index is 12.4. The number of phosphoric acid groups is 2. The highest BCUT2D eigenvalue weighted by Gasteiger charge is 2.49. The van der Waals surface area contributed by atoms with E-state index in [0.717, 1.165) is 6.33 Å². The van der Waals surface area contributed by atoms with Crippen molar-refractivity contribution in [3.63, 3.8) is 0 Å². The third-order valence-electron chi connectivity index (χ3n) is 6.74. The molecule has 0 bridgehead atoms. The second kappa shape index (κ2) is 12.4. The molecule has 21 nitrogen and oxygen atoms in total. The number of rotatable bonds is 11. The first kappa shape index (κ1) is 32.4. The number of aliphatic hydroxyl groups is 4. The van der Waals surface area contributed by atoms with Crippen molar-refractivity contribution in [1.29, 1.82) is 0 Å². The number of aliphatic hydroxyl groups excluding tert-OH is 4. The number of phosphoric ester groups is 2. The summed E-state index contributed by atoms with van der Waals surface area (Å²) in [5.41, 5.74) is 11.4. The summed E-state index contributed by atoms with van der Waals surface area (Å²) >= 11 is 0. The fraction of sp³-hybridized carbons (Fsp3) is 0.476. The highest BCUT2D eigenvalue weighted by atomic mass is 31.3. The SMILES string of the molecule is NC(=O)c1ccc[n+]([C@@H]2O[C@H](COP(=O)(O)OP(=O)([O-])OC[C@@H]3O[C@H](n4cnc5c(N)ncnc54)[C@@H](O)[C@H]3O)[C@@H](O)[C@H]2O)c1. The number of carbonyl (C=O) groups excluding carboxylic acids is 1. The van der Waals surface area contributed by atoms with Gasteiger partial charge < -0.3 is 55.7 Å². The number of pyridine rings is 1. The van der Waals surface area contributed by atoms with Gasteiger partial charge in [0.15, 0.2) is 36.2 Å². The van der Waals surface area contributed by atoms with Crippen LogP contribution in [0.4, 0.5) is 5.82 Å². The van der Waals surface area contributed by atoms with Crippen molar-refractivity contribution in [3.8, 4) is 0 Å². The number of ether oxygens (including phenoxy) is 2. The molecule has 9 N–H and O–H groups in total. The number of imidazole rings is 1. The molecule has 1 amide bonds. The number of carbonyl (C=O) groups is 1. The zero-order valence-corrected chi connectivity index (χ0v) is 24.0. The Morgan fingerprint density at radius 1 is 1.05 bits per heavy atom. The normalized spacial score (nSPS) is 31.6. The van der Waals surface area contributed by atoms with Crippen molar-refractivity contribution < 1.29 is 71.5 Å². The molecule has 0 radical (unpaired) electrons. The molecule has 3 aromatic rings. The second-order valence-electron chi connectivity index (χ2n) is 9.67. The van der Waals surface area contributed by atoms with Gasteiger partial charge in [0.05, 0.1) is 19.5 Å². The highest BCUT2D eigenvalue weighted by molar-refractivity contribution is 7.60. The Labute approximate surface area is 246 Å². The van der Waals surface area contributed by atoms with E-state index >= 15 is 0 Å². The standard InChI is InChI=1S/C21H27N7O14P2/c22-17-12-19(25-7-24-17)28(8-26-12)21-16(32)14(30)11(41-21)6-39-44(36,37)42-43(34,35)38-5-10-13(29)15(31)20(40-10)27-3-1-2-9(4-27)18(23)33/h1-4,7-8,10-11,13-16,20-21,29-32H,5-6H2,(H5-,22,23,24,25,33,34,35,36,37)/t10-,11+,13-,14+,15-,16+,20-,21+/m1/s1. The minimum atomic E-state index is -5.62. The summed E-state index contributed by atoms with van der Waals surface area (Å²) in [7, 11) is -11.0. The van der Waals surface area contributed by atoms with Gasteiger partial charge in [-0.2, -0.15) is 4.57 Å². The molecule has 2 aliphatic heterocycles. The van der Waals surface area contributed by atoms with Crippen LogP contribution in [0.25, 0.3) is 11.2 Å². The number of fused-ring (bicyclic) bond motifs is 1. The number of hydrogen-bond acceptors (Lipinski definition) is 17. The van der Waals surface area contributed by atoms with Crippen LogP contribution in [0.3, 0.4) is 0 Å². The second-order valence-corrected chi connectivity index (χ2v) is 12.7. The number of primary amides is 1. The van der Waals surface area contributed by atoms with E-state index in [-0.39, 0.29) is 22.5 Å². The Balaban J connectivity index is 1.16. The first-order valence-corrected chi connectivity index (χ1v) is 15.5. The van der Waals surface area contributed by atoms with Gasteiger partial charge in [-0.3, -0.25) is 18.5 Å². The average Bonchev–Trinajstić information content (AvgIpc) is 3.61. The Hall–Kier alpha value is -3.01. The summed E-state index contributed by atoms with van der Waals surface area (Å²) in [6, 6.07) is 2.82. The maximum Gasteiger partial charge on any atom is 0.478 e. The fourth-order valence-corrected chi connectivity index (χ4v) is 6.62. The summed E-state index contributed by atoms with van der Waals surface area (Å²) in [6.07, 6.45) is -7.05. The predicted octanol–water partition coefficient (Wildman–Crippen LogP) is -3.65. The molecule has 3 aromatic heterocycles. The number of aromatic nitrogens is 5. The quantitative estimate of drug-likeness (QED) is 0.0768. The average molecular weight is 663 g/mol. The topological polar surface area (TPSA) is 321 Å². The predicted molar refractivity (Wildman–Crippen MR) is 137 cm³/mol. The molecular weight excluding hydrogens is 636 g/mol. The molecule has 5 rings (SSSR count). The zero-order valence-electron chi connectivity index (χ0n) is 22.2. The summed E-state index contributed by atoms with van der Waals surface area (Å²) in [6.45, 7) is -1.89. The van der Waals surface area contributed by atoms with Crippen LogP contribution >= 0.6 is 15.6 Å². The van der Waals surface area contributed by atoms with Crippen molar-refractivity contribution in [2.75, 3.05) is 18.9 Å². The Bertz CT molecular complexity index is 1630. The fourth-order valence-electron chi connectivity index (χ4n) is 4.57. The summed E-state index contributed by atoms with van der Waals surface area (Å²) in [5, 5.41) is 41.6. The molecule has 2 fully saturated rings. The van der Waals surface area contributed by atoms with Crippen molar-refractivity contribution in [2.45, 2.75) is 49.1 Å². The molecule has 2 unspecified atom stereocenters. The van der Waals surface area contributed by atoms with E-state index in [2.05, 4.69) is 28.3 Å². The van der Waals surface area contributed by atoms with Gasteiger partial charge in [0, 0.05) is 6.07 Å². The van der Waals surface area contributed by atoms with Crippen LogP contribution in [0, 0.1) is 0 Å². The number of hydrogen-bond donors (Lipinski definition) is 7. The van der Waals surface area contributed by atoms with Gasteiger partial charge in [0.25, 0.3) is 20.0 Å². The van der Waals surface area contributed by atoms with Gasteiger partial charge in [-0.15, -0.1) is 0 Å². The van der Waals surface area contributed by atoms with Crippen LogP contribution in [0.1, 0.15) is 22.8 Å². The number of amides is 1. The Morgan fingerprint density at radius 3 is 2.45 bits per heavy atom. The lowest BCUT2D eigenvalue weighted by molar-refractivity contribution is -0.765. The van der Waals surface area contributed by atoms with Gasteiger partial charge >= 0.3 is 7.82 Å². The van der Waals surface area contributed by atoms with Crippen LogP contribution in [0.2, 0.25) is 0 Å². The van der Waals surface area contributed by atoms with Crippen molar-refractivity contribution >= 4 is 38.5 Å². The summed E-state index contributed by atoms with van der Waals surface area (Å²) in [4.78, 5) is 45.5. The van der Waals surface area contributed by atoms with E-state index < -0.39 is 83.8 Å². The number of anilines is 1. The Morgan fingerprint density at radius 2 is 1.73 bits per heavy atom. The molecule has 0 spiro atoms. The number of nitrogens with zero attached hydrogens (tertiary/aromatic N) is 5. The van der Waals surface area contributed by atoms with E-state index in [1.807, 2.05) is 0 Å². The van der Waals surface area contributed by atoms with Gasteiger partial charge in [-0.1, -0.05) is 0 Å². The van der Waals surface area contributed by atoms with Gasteiger partial charge in [0.1, 0.15) is 47.9 Å². The van der Waals surface area contributed by atoms with Gasteiger partial charge in [-0.05, 0) is 6.07 Å². The smallest absolute Gasteiger partial charge is 0.478 e. The Kier molecular flexibility index (Phi) is 9.13. The molecule has 0 saturated carbocycles. The molecule has 5 heterocycles. The first-order valence-electron chi connectivity index (χ1n) is 12.6. The highest BCUT2D eigenvalue weighted by Crippen LogP contribution is 2.58. The maximum atomic E-state index is 12.4. The molecule has 2 aliphatic rings. The van der Waals surface area contributed by atoms with Gasteiger partial charge in [0.2, 0.25) is 0 Å². The lowest BCUT2D eigenvalue weighted by atomic mass is 10.1. The minimum absolute atomic E-state index is 0.0423. The number of nitrogen functional groups attached to an aromatic ring is 1. The molecule has 44 heavy (non-hydrogen) atoms. The van der Waals surface area contributed by atoms with Crippen molar-refractivity contribution in [2.24, 2.45) is 5.73 Å². The molecule has 0 aromatic carbocycles. The minimum Gasteiger partial charge on any atom is -0.756 e. The van der Waals surface area contributed by atoms with E-state index in [1.54, 1.807) is 0 Å². The van der Waals surface area contributed by atoms with Crippen LogP contribution in [0.5, 0.6) is 0 Å². The molecule has 23 heteroatoms. The molecule has 10 atom stereocenters. The van der Waals surface area contributed by atoms with Crippen molar-refractivity contribution in [3.05, 3.63) is 42.7 Å². The summed E-state index contributed by atoms with van der Waals surface area (Å²) < 4.78 is 51.5. The lowest BCUT2D eigenvalue weighted by Crippen LogP contribution is -2.46. The first-order chi connectivity index (χ1) is 20.7. The van der Waals surface area contributed by atoms with Gasteiger partial charge in [-0.25, -0.2) is 23.8 Å². The molecule has 2 saturated heterocycles. The zero-order chi connectivity index (χ0) is 32.0. The van der Waals surface area contributed by atoms with E-state index in [1.165, 1.54) is 40.0 Å². The van der Waals surface area contributed by atoms with E-state index in [0.29, 0.717) is 0 Å². The lowest BCUT2D eigenvalue weighted by Gasteiger charge is -2.26. The van der Waals surface area contributed by atoms with Crippen LogP contribution < -0.4 is 20.9 Å². The summed E-state index contributed by atoms with van der Waals surface area (Å²) in [5.74, 6) is -0.729. The third kappa shape index (κ3) is 6.65. The molecular formula is C21H27N7O14P2. The monoisotopic (exact) mass is 663 g/mol. The van der Waals surface area contributed by atoms with E-state index in [9.17, 15) is 44.1 Å². The van der Waals surface area contributed by atoms with Crippen LogP contribution in [-0.4, -0.2) is 101 Å². The third-order valence-corrected chi connectivity index (χ3v) is 9.30. The number of nitrogens with two attached hydrogens (primary N) is 2. The van der Waals surface area contributed by atoms with Crippen LogP contribution in [0.15, 0.2) is 37.2 Å². The molecule has 240 valence electrons. The van der Waals surface area contributed by atoms with E-state index in [4.69, 9.17) is 20.9 Å². The largest absolute Gasteiger partial charge is 0.756 e. The van der Waals surface area contributed by atoms with Crippen molar-refractivity contribution in [1.82, 2.24) is 19.5 Å². The van der Waals surface area contributed by atoms with Crippen LogP contribution in [-0.2, 0) is 32.0 Å². The molecule has 0 aliphatic carbocycles.